The molecule has 1 fully saturated rings. The highest BCUT2D eigenvalue weighted by molar-refractivity contribution is 7.13. The predicted octanol–water partition coefficient (Wildman–Crippen LogP) is 3.54. The quantitative estimate of drug-likeness (QED) is 0.579. The molecule has 7 nitrogen and oxygen atoms in total. The maximum absolute atomic E-state index is 13.2. The fraction of sp³-hybridized carbons (Fsp3) is 0.250. The number of alkyl halides is 3. The van der Waals surface area contributed by atoms with Crippen molar-refractivity contribution in [2.45, 2.75) is 6.18 Å². The van der Waals surface area contributed by atoms with Crippen molar-refractivity contribution in [1.29, 1.82) is 0 Å². The number of nitrogens with zero attached hydrogens (tertiary/aromatic N) is 3. The molecule has 3 amide bonds. The van der Waals surface area contributed by atoms with E-state index in [4.69, 9.17) is 0 Å². The number of rotatable bonds is 5. The van der Waals surface area contributed by atoms with Gasteiger partial charge in [0.05, 0.1) is 28.1 Å². The van der Waals surface area contributed by atoms with Crippen LogP contribution in [-0.2, 0) is 11.0 Å². The van der Waals surface area contributed by atoms with Gasteiger partial charge in [0.15, 0.2) is 0 Å². The monoisotopic (exact) mass is 502 g/mol. The molecule has 1 N–H and O–H groups in total. The lowest BCUT2D eigenvalue weighted by Crippen LogP contribution is -2.52. The molecule has 1 saturated heterocycles. The van der Waals surface area contributed by atoms with Crippen LogP contribution < -0.4 is 5.32 Å². The first-order chi connectivity index (χ1) is 16.7. The summed E-state index contributed by atoms with van der Waals surface area (Å²) in [5.74, 6) is -1.45. The number of carbonyl (C=O) groups is 3. The van der Waals surface area contributed by atoms with Crippen LogP contribution in [0.1, 0.15) is 26.3 Å². The van der Waals surface area contributed by atoms with E-state index >= 15 is 0 Å². The molecule has 2 heterocycles. The number of carbonyl (C=O) groups excluding carboxylic acids is 3. The van der Waals surface area contributed by atoms with Crippen LogP contribution in [-0.4, -0.2) is 65.2 Å². The molecule has 11 heteroatoms. The molecule has 0 atom stereocenters. The molecule has 0 unspecified atom stereocenters. The Labute approximate surface area is 203 Å². The summed E-state index contributed by atoms with van der Waals surface area (Å²) >= 11 is 1.49. The largest absolute Gasteiger partial charge is 0.417 e. The van der Waals surface area contributed by atoms with Crippen molar-refractivity contribution >= 4 is 29.1 Å². The van der Waals surface area contributed by atoms with Crippen molar-refractivity contribution in [3.05, 3.63) is 76.9 Å². The number of nitrogens with one attached hydrogen (secondary N) is 1. The summed E-state index contributed by atoms with van der Waals surface area (Å²) in [5, 5.41) is 2.59. The molecule has 3 aromatic rings. The number of amides is 3. The van der Waals surface area contributed by atoms with E-state index in [1.165, 1.54) is 33.3 Å². The molecule has 1 aromatic heterocycles. The Kier molecular flexibility index (Phi) is 7.15. The molecule has 0 bridgehead atoms. The van der Waals surface area contributed by atoms with Crippen molar-refractivity contribution in [2.75, 3.05) is 32.7 Å². The van der Waals surface area contributed by atoms with Gasteiger partial charge in [-0.1, -0.05) is 24.3 Å². The number of aromatic nitrogens is 1. The molecule has 1 aliphatic rings. The van der Waals surface area contributed by atoms with Crippen LogP contribution in [0, 0.1) is 0 Å². The molecule has 2 aromatic carbocycles. The van der Waals surface area contributed by atoms with E-state index in [1.54, 1.807) is 36.0 Å². The highest BCUT2D eigenvalue weighted by atomic mass is 32.1. The standard InChI is InChI=1S/C24H21F3N4O3S/c25-24(26,27)19-4-2-1-3-18(19)23(34)31-11-9-30(10-12-31)21(32)14-29-22(33)17-7-5-16(6-8-17)20-13-28-15-35-20/h1-8,13,15H,9-12,14H2,(H,29,33). The van der Waals surface area contributed by atoms with Crippen LogP contribution in [0.4, 0.5) is 13.2 Å². The Morgan fingerprint density at radius 3 is 2.23 bits per heavy atom. The van der Waals surface area contributed by atoms with E-state index in [1.807, 2.05) is 0 Å². The first kappa shape index (κ1) is 24.4. The molecule has 35 heavy (non-hydrogen) atoms. The van der Waals surface area contributed by atoms with Gasteiger partial charge < -0.3 is 15.1 Å². The zero-order valence-corrected chi connectivity index (χ0v) is 19.2. The number of hydrogen-bond acceptors (Lipinski definition) is 5. The number of benzene rings is 2. The van der Waals surface area contributed by atoms with E-state index in [9.17, 15) is 27.6 Å². The molecule has 0 saturated carbocycles. The van der Waals surface area contributed by atoms with Crippen molar-refractivity contribution in [2.24, 2.45) is 0 Å². The Morgan fingerprint density at radius 1 is 0.943 bits per heavy atom. The lowest BCUT2D eigenvalue weighted by Gasteiger charge is -2.35. The first-order valence-corrected chi connectivity index (χ1v) is 11.6. The van der Waals surface area contributed by atoms with Crippen LogP contribution in [0.2, 0.25) is 0 Å². The molecule has 0 spiro atoms. The van der Waals surface area contributed by atoms with Gasteiger partial charge >= 0.3 is 6.18 Å². The molecule has 4 rings (SSSR count). The molecule has 0 radical (unpaired) electrons. The molecule has 1 aliphatic heterocycles. The van der Waals surface area contributed by atoms with Crippen molar-refractivity contribution in [3.63, 3.8) is 0 Å². The van der Waals surface area contributed by atoms with Crippen molar-refractivity contribution in [1.82, 2.24) is 20.1 Å². The van der Waals surface area contributed by atoms with E-state index in [-0.39, 0.29) is 38.6 Å². The molecular formula is C24H21F3N4O3S. The predicted molar refractivity (Wildman–Crippen MR) is 124 cm³/mol. The second kappa shape index (κ2) is 10.3. The minimum absolute atomic E-state index is 0.101. The fourth-order valence-corrected chi connectivity index (χ4v) is 4.39. The van der Waals surface area contributed by atoms with Gasteiger partial charge in [-0.05, 0) is 29.8 Å². The SMILES string of the molecule is O=C(NCC(=O)N1CCN(C(=O)c2ccccc2C(F)(F)F)CC1)c1ccc(-c2cncs2)cc1. The summed E-state index contributed by atoms with van der Waals surface area (Å²) in [6.45, 7) is 0.310. The van der Waals surface area contributed by atoms with Gasteiger partial charge in [-0.15, -0.1) is 11.3 Å². The molecule has 0 aliphatic carbocycles. The zero-order valence-electron chi connectivity index (χ0n) is 18.4. The summed E-state index contributed by atoms with van der Waals surface area (Å²) < 4.78 is 39.7. The number of halogens is 3. The smallest absolute Gasteiger partial charge is 0.343 e. The van der Waals surface area contributed by atoms with E-state index in [0.717, 1.165) is 22.6 Å². The first-order valence-electron chi connectivity index (χ1n) is 10.7. The maximum Gasteiger partial charge on any atom is 0.417 e. The second-order valence-corrected chi connectivity index (χ2v) is 8.73. The normalized spacial score (nSPS) is 14.0. The van der Waals surface area contributed by atoms with E-state index < -0.39 is 29.1 Å². The number of hydrogen-bond donors (Lipinski definition) is 1. The van der Waals surface area contributed by atoms with E-state index in [0.29, 0.717) is 5.56 Å². The second-order valence-electron chi connectivity index (χ2n) is 7.84. The Bertz CT molecular complexity index is 1210. The highest BCUT2D eigenvalue weighted by Gasteiger charge is 2.36. The minimum Gasteiger partial charge on any atom is -0.343 e. The molecular weight excluding hydrogens is 481 g/mol. The van der Waals surface area contributed by atoms with Gasteiger partial charge in [0.2, 0.25) is 5.91 Å². The number of piperazine rings is 1. The maximum atomic E-state index is 13.2. The topological polar surface area (TPSA) is 82.6 Å². The third-order valence-electron chi connectivity index (χ3n) is 5.65. The Morgan fingerprint density at radius 2 is 1.60 bits per heavy atom. The van der Waals surface area contributed by atoms with Gasteiger partial charge in [-0.3, -0.25) is 19.4 Å². The van der Waals surface area contributed by atoms with Gasteiger partial charge in [0, 0.05) is 37.9 Å². The highest BCUT2D eigenvalue weighted by Crippen LogP contribution is 2.32. The third kappa shape index (κ3) is 5.68. The summed E-state index contributed by atoms with van der Waals surface area (Å²) in [7, 11) is 0. The average Bonchev–Trinajstić information content (AvgIpc) is 3.41. The van der Waals surface area contributed by atoms with Crippen molar-refractivity contribution in [3.8, 4) is 10.4 Å². The van der Waals surface area contributed by atoms with Gasteiger partial charge in [-0.2, -0.15) is 13.2 Å². The Balaban J connectivity index is 1.28. The van der Waals surface area contributed by atoms with Crippen molar-refractivity contribution < 1.29 is 27.6 Å². The lowest BCUT2D eigenvalue weighted by molar-refractivity contribution is -0.138. The fourth-order valence-electron chi connectivity index (χ4n) is 3.76. The van der Waals surface area contributed by atoms with Crippen LogP contribution in [0.3, 0.4) is 0 Å². The summed E-state index contributed by atoms with van der Waals surface area (Å²) in [6.07, 6.45) is -2.90. The summed E-state index contributed by atoms with van der Waals surface area (Å²) in [5.41, 5.74) is 1.67. The van der Waals surface area contributed by atoms with Gasteiger partial charge in [-0.25, -0.2) is 0 Å². The lowest BCUT2D eigenvalue weighted by atomic mass is 10.1. The van der Waals surface area contributed by atoms with Crippen LogP contribution >= 0.6 is 11.3 Å². The Hall–Kier alpha value is -3.73. The summed E-state index contributed by atoms with van der Waals surface area (Å²) in [6, 6.07) is 11.6. The van der Waals surface area contributed by atoms with Crippen LogP contribution in [0.15, 0.2) is 60.2 Å². The third-order valence-corrected chi connectivity index (χ3v) is 6.47. The van der Waals surface area contributed by atoms with Gasteiger partial charge in [0.1, 0.15) is 0 Å². The zero-order chi connectivity index (χ0) is 25.0. The van der Waals surface area contributed by atoms with Crippen LogP contribution in [0.25, 0.3) is 10.4 Å². The summed E-state index contributed by atoms with van der Waals surface area (Å²) in [4.78, 5) is 45.4. The van der Waals surface area contributed by atoms with E-state index in [2.05, 4.69) is 10.3 Å². The molecule has 182 valence electrons. The number of thiazole rings is 1. The van der Waals surface area contributed by atoms with Crippen LogP contribution in [0.5, 0.6) is 0 Å². The minimum atomic E-state index is -4.64. The average molecular weight is 503 g/mol. The van der Waals surface area contributed by atoms with Gasteiger partial charge in [0.25, 0.3) is 11.8 Å².